The van der Waals surface area contributed by atoms with Crippen LogP contribution in [0.1, 0.15) is 6.92 Å². The van der Waals surface area contributed by atoms with E-state index in [2.05, 4.69) is 6.92 Å². The molecule has 2 heteroatoms. The van der Waals surface area contributed by atoms with Crippen molar-refractivity contribution in [3.05, 3.63) is 30.3 Å². The number of phenolic OH excluding ortho intramolecular Hbond substituents is 1. The summed E-state index contributed by atoms with van der Waals surface area (Å²) in [6.45, 7) is 2.18. The van der Waals surface area contributed by atoms with Crippen LogP contribution in [-0.4, -0.2) is 5.11 Å². The first kappa shape index (κ1) is 9.64. The van der Waals surface area contributed by atoms with Crippen molar-refractivity contribution in [2.45, 2.75) is 11.9 Å². The molecular weight excluding hydrogens is 177 g/mol. The molecule has 0 aliphatic rings. The number of rotatable bonds is 0. The van der Waals surface area contributed by atoms with Gasteiger partial charge in [0.25, 0.3) is 0 Å². The van der Waals surface area contributed by atoms with Gasteiger partial charge in [-0.05, 0) is 12.1 Å². The zero-order valence-electron chi connectivity index (χ0n) is 6.25. The van der Waals surface area contributed by atoms with Crippen LogP contribution in [0, 0.1) is 0 Å². The van der Waals surface area contributed by atoms with E-state index in [1.54, 1.807) is 24.3 Å². The molecule has 0 unspecified atom stereocenters. The van der Waals surface area contributed by atoms with Crippen molar-refractivity contribution >= 4 is 0 Å². The Morgan fingerprint density at radius 1 is 1.30 bits per heavy atom. The van der Waals surface area contributed by atoms with Gasteiger partial charge in [-0.25, -0.2) is 0 Å². The normalized spacial score (nSPS) is 7.90. The zero-order chi connectivity index (χ0) is 7.82. The molecule has 1 rings (SSSR count). The second-order valence-electron chi connectivity index (χ2n) is 1.84. The van der Waals surface area contributed by atoms with Crippen molar-refractivity contribution in [1.82, 2.24) is 0 Å². The Morgan fingerprint density at radius 2 is 1.70 bits per heavy atom. The minimum Gasteiger partial charge on any atom is -0.508 e. The number of hydrogen-bond donors (Lipinski definition) is 1. The summed E-state index contributed by atoms with van der Waals surface area (Å²) in [6, 6.07) is 8.71. The first-order chi connectivity index (χ1) is 4.81. The van der Waals surface area contributed by atoms with Crippen molar-refractivity contribution in [2.24, 2.45) is 0 Å². The molecule has 0 heterocycles. The molecule has 51 valence electrons. The molecule has 0 aliphatic heterocycles. The molecular formula is C8H11OZn. The third-order valence-corrected chi connectivity index (χ3v) is 0.756. The molecule has 0 atom stereocenters. The second kappa shape index (κ2) is 6.76. The van der Waals surface area contributed by atoms with Gasteiger partial charge in [-0.3, -0.25) is 0 Å². The zero-order valence-corrected chi connectivity index (χ0v) is 9.22. The maximum absolute atomic E-state index is 8.63. The van der Waals surface area contributed by atoms with E-state index in [1.165, 1.54) is 23.3 Å². The van der Waals surface area contributed by atoms with Gasteiger partial charge in [0, 0.05) is 0 Å². The fourth-order valence-corrected chi connectivity index (χ4v) is 0.428. The standard InChI is InChI=1S/C6H6O.C2H5.Zn/c7-6-4-2-1-3-5-6;1-2;/h1-5,7H;1H2,2H3;. The fraction of sp³-hybridized carbons (Fsp3) is 0.250. The van der Waals surface area contributed by atoms with Crippen LogP contribution in [0.2, 0.25) is 5.02 Å². The molecule has 1 aromatic rings. The predicted octanol–water partition coefficient (Wildman–Crippen LogP) is 2.36. The van der Waals surface area contributed by atoms with Crippen LogP contribution in [-0.2, 0) is 18.3 Å². The molecule has 0 radical (unpaired) electrons. The van der Waals surface area contributed by atoms with E-state index in [1.807, 2.05) is 6.07 Å². The molecule has 0 amide bonds. The Labute approximate surface area is 71.8 Å². The van der Waals surface area contributed by atoms with E-state index in [0.717, 1.165) is 0 Å². The van der Waals surface area contributed by atoms with Gasteiger partial charge in [-0.2, -0.15) is 0 Å². The SMILES string of the molecule is C[CH2][Zn].Oc1ccccc1. The third-order valence-electron chi connectivity index (χ3n) is 0.756. The fourth-order valence-electron chi connectivity index (χ4n) is 0.428. The molecule has 0 aliphatic carbocycles. The predicted molar refractivity (Wildman–Crippen MR) is 38.6 cm³/mol. The number of para-hydroxylation sites is 1. The number of hydrogen-bond acceptors (Lipinski definition) is 1. The smallest absolute Gasteiger partial charge is 0.115 e. The summed E-state index contributed by atoms with van der Waals surface area (Å²) in [5.41, 5.74) is 0. The molecule has 0 fully saturated rings. The molecule has 0 saturated heterocycles. The Kier molecular flexibility index (Phi) is 6.52. The maximum Gasteiger partial charge on any atom is 0.115 e. The average Bonchev–Trinajstić information content (AvgIpc) is 1.91. The van der Waals surface area contributed by atoms with Gasteiger partial charge in [0.1, 0.15) is 5.75 Å². The summed E-state index contributed by atoms with van der Waals surface area (Å²) in [5.74, 6) is 0.322. The average molecular weight is 189 g/mol. The Balaban J connectivity index is 0.000000236. The topological polar surface area (TPSA) is 20.2 Å². The minimum absolute atomic E-state index is 0.322. The number of benzene rings is 1. The quantitative estimate of drug-likeness (QED) is 0.620. The summed E-state index contributed by atoms with van der Waals surface area (Å²) in [4.78, 5) is 0. The molecule has 10 heavy (non-hydrogen) atoms. The Bertz CT molecular complexity index is 151. The van der Waals surface area contributed by atoms with Gasteiger partial charge in [-0.1, -0.05) is 18.2 Å². The summed E-state index contributed by atoms with van der Waals surface area (Å²) in [6.07, 6.45) is 0. The first-order valence-corrected chi connectivity index (χ1v) is 5.44. The maximum atomic E-state index is 8.63. The van der Waals surface area contributed by atoms with Gasteiger partial charge < -0.3 is 5.11 Å². The summed E-state index contributed by atoms with van der Waals surface area (Å²) in [7, 11) is 0. The van der Waals surface area contributed by atoms with E-state index in [9.17, 15) is 0 Å². The molecule has 0 spiro atoms. The van der Waals surface area contributed by atoms with Crippen molar-refractivity contribution in [1.29, 1.82) is 0 Å². The van der Waals surface area contributed by atoms with Gasteiger partial charge in [0.15, 0.2) is 0 Å². The largest absolute Gasteiger partial charge is 0.508 e. The summed E-state index contributed by atoms with van der Waals surface area (Å²) in [5, 5.41) is 10.0. The summed E-state index contributed by atoms with van der Waals surface area (Å²) < 4.78 is 0. The molecule has 1 nitrogen and oxygen atoms in total. The van der Waals surface area contributed by atoms with Crippen molar-refractivity contribution in [3.63, 3.8) is 0 Å². The molecule has 0 bridgehead atoms. The monoisotopic (exact) mass is 187 g/mol. The van der Waals surface area contributed by atoms with Crippen LogP contribution < -0.4 is 0 Å². The van der Waals surface area contributed by atoms with Crippen LogP contribution >= 0.6 is 0 Å². The Hall–Kier alpha value is -0.357. The molecule has 1 aromatic carbocycles. The Morgan fingerprint density at radius 3 is 1.90 bits per heavy atom. The van der Waals surface area contributed by atoms with Crippen LogP contribution in [0.4, 0.5) is 0 Å². The van der Waals surface area contributed by atoms with Crippen LogP contribution in [0.15, 0.2) is 30.3 Å². The summed E-state index contributed by atoms with van der Waals surface area (Å²) >= 11 is 1.44. The van der Waals surface area contributed by atoms with Crippen LogP contribution in [0.25, 0.3) is 0 Å². The van der Waals surface area contributed by atoms with E-state index >= 15 is 0 Å². The third kappa shape index (κ3) is 5.77. The minimum atomic E-state index is 0.322. The van der Waals surface area contributed by atoms with Crippen molar-refractivity contribution < 1.29 is 23.4 Å². The molecule has 1 N–H and O–H groups in total. The van der Waals surface area contributed by atoms with Crippen LogP contribution in [0.3, 0.4) is 0 Å². The van der Waals surface area contributed by atoms with E-state index in [4.69, 9.17) is 5.11 Å². The van der Waals surface area contributed by atoms with Gasteiger partial charge in [-0.15, -0.1) is 0 Å². The number of aromatic hydroxyl groups is 1. The van der Waals surface area contributed by atoms with Gasteiger partial charge in [0.2, 0.25) is 0 Å². The van der Waals surface area contributed by atoms with E-state index < -0.39 is 0 Å². The van der Waals surface area contributed by atoms with Gasteiger partial charge in [0.05, 0.1) is 0 Å². The first-order valence-electron chi connectivity index (χ1n) is 3.34. The molecule has 0 aromatic heterocycles. The molecule has 0 saturated carbocycles. The van der Waals surface area contributed by atoms with Crippen LogP contribution in [0.5, 0.6) is 5.75 Å². The van der Waals surface area contributed by atoms with Gasteiger partial charge >= 0.3 is 30.2 Å². The van der Waals surface area contributed by atoms with E-state index in [0.29, 0.717) is 5.75 Å². The second-order valence-corrected chi connectivity index (χ2v) is 3.93. The van der Waals surface area contributed by atoms with E-state index in [-0.39, 0.29) is 0 Å². The van der Waals surface area contributed by atoms with Crippen molar-refractivity contribution in [2.75, 3.05) is 0 Å². The number of phenols is 1. The van der Waals surface area contributed by atoms with Crippen molar-refractivity contribution in [3.8, 4) is 5.75 Å².